The average molecular weight is 191 g/mol. The van der Waals surface area contributed by atoms with Crippen LogP contribution >= 0.6 is 0 Å². The maximum Gasteiger partial charge on any atom is 0.145 e. The highest BCUT2D eigenvalue weighted by Gasteiger charge is 2.09. The maximum absolute atomic E-state index is 13.5. The Morgan fingerprint density at radius 1 is 1.43 bits per heavy atom. The van der Waals surface area contributed by atoms with Gasteiger partial charge in [-0.1, -0.05) is 12.1 Å². The largest absolute Gasteiger partial charge is 0.382 e. The predicted octanol–water partition coefficient (Wildman–Crippen LogP) is 2.11. The minimum Gasteiger partial charge on any atom is -0.382 e. The third-order valence-electron chi connectivity index (χ3n) is 2.09. The Bertz CT molecular complexity index is 442. The topological polar surface area (TPSA) is 54.7 Å². The van der Waals surface area contributed by atoms with Gasteiger partial charge < -0.3 is 5.73 Å². The standard InChI is InChI=1S/C10H10FN3/c1-6-3-2-4-7(11)10(6)8-5-9(12)14-13-8/h2-5H,1H3,(H3,12,13,14). The Labute approximate surface area is 80.8 Å². The Balaban J connectivity index is 2.61. The smallest absolute Gasteiger partial charge is 0.145 e. The Hall–Kier alpha value is -1.84. The first-order valence-corrected chi connectivity index (χ1v) is 4.25. The Morgan fingerprint density at radius 2 is 2.21 bits per heavy atom. The predicted molar refractivity (Wildman–Crippen MR) is 53.1 cm³/mol. The van der Waals surface area contributed by atoms with Gasteiger partial charge in [0.1, 0.15) is 11.6 Å². The van der Waals surface area contributed by atoms with Crippen LogP contribution in [0.15, 0.2) is 24.3 Å². The van der Waals surface area contributed by atoms with Crippen LogP contribution in [0, 0.1) is 12.7 Å². The second kappa shape index (κ2) is 3.14. The number of halogens is 1. The molecule has 72 valence electrons. The minimum atomic E-state index is -0.270. The molecule has 1 heterocycles. The number of nitrogens with zero attached hydrogens (tertiary/aromatic N) is 1. The van der Waals surface area contributed by atoms with Crippen molar-refractivity contribution in [3.63, 3.8) is 0 Å². The number of aryl methyl sites for hydroxylation is 1. The molecule has 3 nitrogen and oxygen atoms in total. The third kappa shape index (κ3) is 1.35. The summed E-state index contributed by atoms with van der Waals surface area (Å²) in [5.41, 5.74) is 7.44. The zero-order valence-electron chi connectivity index (χ0n) is 7.71. The molecule has 0 fully saturated rings. The molecule has 1 aromatic heterocycles. The van der Waals surface area contributed by atoms with Crippen molar-refractivity contribution in [3.05, 3.63) is 35.6 Å². The van der Waals surface area contributed by atoms with Crippen LogP contribution < -0.4 is 5.73 Å². The average Bonchev–Trinajstić information content (AvgIpc) is 2.51. The zero-order valence-corrected chi connectivity index (χ0v) is 7.71. The van der Waals surface area contributed by atoms with Gasteiger partial charge in [0.05, 0.1) is 5.69 Å². The lowest BCUT2D eigenvalue weighted by Crippen LogP contribution is -1.88. The van der Waals surface area contributed by atoms with Crippen LogP contribution in [0.3, 0.4) is 0 Å². The second-order valence-corrected chi connectivity index (χ2v) is 3.14. The Kier molecular flexibility index (Phi) is 1.96. The summed E-state index contributed by atoms with van der Waals surface area (Å²) < 4.78 is 13.5. The lowest BCUT2D eigenvalue weighted by Gasteiger charge is -2.03. The highest BCUT2D eigenvalue weighted by Crippen LogP contribution is 2.25. The van der Waals surface area contributed by atoms with E-state index < -0.39 is 0 Å². The molecule has 0 aliphatic heterocycles. The summed E-state index contributed by atoms with van der Waals surface area (Å²) in [6.45, 7) is 1.84. The van der Waals surface area contributed by atoms with Crippen LogP contribution in [-0.2, 0) is 0 Å². The van der Waals surface area contributed by atoms with E-state index in [4.69, 9.17) is 5.73 Å². The van der Waals surface area contributed by atoms with Gasteiger partial charge in [0.15, 0.2) is 0 Å². The number of aromatic amines is 1. The van der Waals surface area contributed by atoms with E-state index >= 15 is 0 Å². The van der Waals surface area contributed by atoms with Crippen molar-refractivity contribution in [3.8, 4) is 11.3 Å². The Morgan fingerprint density at radius 3 is 2.79 bits per heavy atom. The number of anilines is 1. The molecule has 0 aliphatic rings. The van der Waals surface area contributed by atoms with E-state index in [2.05, 4.69) is 10.2 Å². The molecular weight excluding hydrogens is 181 g/mol. The van der Waals surface area contributed by atoms with E-state index in [0.717, 1.165) is 5.56 Å². The van der Waals surface area contributed by atoms with Crippen molar-refractivity contribution >= 4 is 5.82 Å². The first-order chi connectivity index (χ1) is 6.68. The monoisotopic (exact) mass is 191 g/mol. The summed E-state index contributed by atoms with van der Waals surface area (Å²) in [4.78, 5) is 0. The highest BCUT2D eigenvalue weighted by atomic mass is 19.1. The normalized spacial score (nSPS) is 10.4. The quantitative estimate of drug-likeness (QED) is 0.725. The molecule has 2 rings (SSSR count). The van der Waals surface area contributed by atoms with Gasteiger partial charge in [-0.05, 0) is 18.6 Å². The molecule has 0 amide bonds. The first-order valence-electron chi connectivity index (χ1n) is 4.25. The van der Waals surface area contributed by atoms with E-state index in [1.165, 1.54) is 6.07 Å². The van der Waals surface area contributed by atoms with Crippen LogP contribution in [0.4, 0.5) is 10.2 Å². The van der Waals surface area contributed by atoms with Crippen molar-refractivity contribution in [1.29, 1.82) is 0 Å². The molecular formula is C10H10FN3. The lowest BCUT2D eigenvalue weighted by atomic mass is 10.1. The summed E-state index contributed by atoms with van der Waals surface area (Å²) in [5.74, 6) is 0.0938. The molecule has 2 aromatic rings. The van der Waals surface area contributed by atoms with E-state index in [9.17, 15) is 4.39 Å². The van der Waals surface area contributed by atoms with Gasteiger partial charge in [-0.15, -0.1) is 0 Å². The number of rotatable bonds is 1. The van der Waals surface area contributed by atoms with Crippen molar-refractivity contribution in [2.75, 3.05) is 5.73 Å². The molecule has 0 saturated carbocycles. The van der Waals surface area contributed by atoms with E-state index in [1.54, 1.807) is 12.1 Å². The number of H-pyrrole nitrogens is 1. The molecule has 3 N–H and O–H groups in total. The molecule has 4 heteroatoms. The number of nitrogens with one attached hydrogen (secondary N) is 1. The third-order valence-corrected chi connectivity index (χ3v) is 2.09. The number of hydrogen-bond donors (Lipinski definition) is 2. The molecule has 0 radical (unpaired) electrons. The summed E-state index contributed by atoms with van der Waals surface area (Å²) in [6, 6.07) is 6.55. The van der Waals surface area contributed by atoms with Crippen LogP contribution in [0.5, 0.6) is 0 Å². The van der Waals surface area contributed by atoms with Gasteiger partial charge in [0, 0.05) is 11.6 Å². The fourth-order valence-corrected chi connectivity index (χ4v) is 1.44. The second-order valence-electron chi connectivity index (χ2n) is 3.14. The summed E-state index contributed by atoms with van der Waals surface area (Å²) in [7, 11) is 0. The fourth-order valence-electron chi connectivity index (χ4n) is 1.44. The van der Waals surface area contributed by atoms with Gasteiger partial charge in [-0.3, -0.25) is 5.10 Å². The molecule has 0 spiro atoms. The zero-order chi connectivity index (χ0) is 10.1. The number of aromatic nitrogens is 2. The number of nitrogens with two attached hydrogens (primary N) is 1. The SMILES string of the molecule is Cc1cccc(F)c1-c1cc(N)n[nH]1. The summed E-state index contributed by atoms with van der Waals surface area (Å²) in [5, 5.41) is 6.45. The minimum absolute atomic E-state index is 0.270. The molecule has 0 unspecified atom stereocenters. The van der Waals surface area contributed by atoms with Crippen molar-refractivity contribution < 1.29 is 4.39 Å². The van der Waals surface area contributed by atoms with Gasteiger partial charge in [-0.2, -0.15) is 5.10 Å². The molecule has 0 bridgehead atoms. The van der Waals surface area contributed by atoms with E-state index in [-0.39, 0.29) is 5.82 Å². The van der Waals surface area contributed by atoms with Gasteiger partial charge >= 0.3 is 0 Å². The lowest BCUT2D eigenvalue weighted by molar-refractivity contribution is 0.629. The summed E-state index contributed by atoms with van der Waals surface area (Å²) >= 11 is 0. The van der Waals surface area contributed by atoms with Gasteiger partial charge in [0.25, 0.3) is 0 Å². The number of benzene rings is 1. The maximum atomic E-state index is 13.5. The first kappa shape index (κ1) is 8.74. The van der Waals surface area contributed by atoms with E-state index in [0.29, 0.717) is 17.1 Å². The number of hydrogen-bond acceptors (Lipinski definition) is 2. The molecule has 14 heavy (non-hydrogen) atoms. The molecule has 1 aromatic carbocycles. The molecule has 0 aliphatic carbocycles. The van der Waals surface area contributed by atoms with Crippen LogP contribution in [-0.4, -0.2) is 10.2 Å². The van der Waals surface area contributed by atoms with E-state index in [1.807, 2.05) is 13.0 Å². The van der Waals surface area contributed by atoms with Crippen molar-refractivity contribution in [2.24, 2.45) is 0 Å². The van der Waals surface area contributed by atoms with Crippen molar-refractivity contribution in [2.45, 2.75) is 6.92 Å². The van der Waals surface area contributed by atoms with Crippen LogP contribution in [0.2, 0.25) is 0 Å². The summed E-state index contributed by atoms with van der Waals surface area (Å²) in [6.07, 6.45) is 0. The van der Waals surface area contributed by atoms with Crippen molar-refractivity contribution in [1.82, 2.24) is 10.2 Å². The van der Waals surface area contributed by atoms with Crippen LogP contribution in [0.25, 0.3) is 11.3 Å². The highest BCUT2D eigenvalue weighted by molar-refractivity contribution is 5.66. The fraction of sp³-hybridized carbons (Fsp3) is 0.100. The van der Waals surface area contributed by atoms with Crippen LogP contribution in [0.1, 0.15) is 5.56 Å². The van der Waals surface area contributed by atoms with Gasteiger partial charge in [-0.25, -0.2) is 4.39 Å². The molecule has 0 atom stereocenters. The number of nitrogen functional groups attached to an aromatic ring is 1. The molecule has 0 saturated heterocycles. The van der Waals surface area contributed by atoms with Gasteiger partial charge in [0.2, 0.25) is 0 Å².